The number of carboxylic acid groups (broad SMARTS) is 1. The van der Waals surface area contributed by atoms with Crippen LogP contribution in [0.3, 0.4) is 0 Å². The number of nitrogens with zero attached hydrogens (tertiary/aromatic N) is 4. The molecule has 45 heteroatoms. The molecule has 8 rings (SSSR count). The topological polar surface area (TPSA) is 685 Å². The summed E-state index contributed by atoms with van der Waals surface area (Å²) in [5.74, 6) is -17.1. The van der Waals surface area contributed by atoms with E-state index in [0.29, 0.717) is 29.7 Å². The van der Waals surface area contributed by atoms with Gasteiger partial charge in [0.2, 0.25) is 88.6 Å². The molecular weight excluding hydrogens is 1670 g/mol. The lowest BCUT2D eigenvalue weighted by Crippen LogP contribution is -2.61. The van der Waals surface area contributed by atoms with E-state index >= 15 is 28.8 Å². The average Bonchev–Trinajstić information content (AvgIpc) is 1.67. The molecule has 125 heavy (non-hydrogen) atoms. The minimum atomic E-state index is -1.80. The van der Waals surface area contributed by atoms with Gasteiger partial charge in [0, 0.05) is 76.0 Å². The van der Waals surface area contributed by atoms with E-state index in [-0.39, 0.29) is 133 Å². The van der Waals surface area contributed by atoms with Gasteiger partial charge in [-0.3, -0.25) is 77.3 Å². The number of amides is 15. The van der Waals surface area contributed by atoms with Crippen molar-refractivity contribution in [2.24, 2.45) is 22.9 Å². The zero-order chi connectivity index (χ0) is 91.1. The molecule has 0 bridgehead atoms. The van der Waals surface area contributed by atoms with Crippen molar-refractivity contribution in [2.75, 3.05) is 50.8 Å². The van der Waals surface area contributed by atoms with Gasteiger partial charge in [0.15, 0.2) is 5.96 Å². The third-order valence-corrected chi connectivity index (χ3v) is 23.8. The van der Waals surface area contributed by atoms with Crippen LogP contribution < -0.4 is 86.7 Å². The number of carboxylic acids is 1. The number of hydrogen-bond donors (Lipinski definition) is 23. The summed E-state index contributed by atoms with van der Waals surface area (Å²) in [5.41, 5.74) is 24.5. The molecule has 0 saturated carbocycles. The van der Waals surface area contributed by atoms with Crippen LogP contribution in [0.25, 0.3) is 0 Å². The quantitative estimate of drug-likeness (QED) is 0.00885. The summed E-state index contributed by atoms with van der Waals surface area (Å²) in [6.45, 7) is 1.77. The Bertz CT molecular complexity index is 4460. The second kappa shape index (κ2) is 48.1. The number of aromatic nitrogens is 2. The number of carbonyl (C=O) groups is 16. The normalized spacial score (nSPS) is 22.0. The first-order chi connectivity index (χ1) is 59.6. The van der Waals surface area contributed by atoms with Crippen LogP contribution in [-0.2, 0) is 102 Å². The molecule has 1 aromatic heterocycles. The number of phenolic OH excluding ortho intramolecular Hbond substituents is 3. The zero-order valence-electron chi connectivity index (χ0n) is 69.1. The Hall–Kier alpha value is -12.4. The molecule has 43 nitrogen and oxygen atoms in total. The van der Waals surface area contributed by atoms with Crippen molar-refractivity contribution in [1.29, 1.82) is 5.41 Å². The number of nitrogens with one attached hydrogen (secondary N) is 14. The second-order valence-electron chi connectivity index (χ2n) is 30.9. The minimum Gasteiger partial charge on any atom is -0.508 e. The highest BCUT2D eigenvalue weighted by Gasteiger charge is 2.46. The molecule has 4 aliphatic heterocycles. The van der Waals surface area contributed by atoms with E-state index in [9.17, 15) is 73.5 Å². The van der Waals surface area contributed by atoms with E-state index in [2.05, 4.69) is 73.8 Å². The van der Waals surface area contributed by atoms with Gasteiger partial charge < -0.3 is 132 Å². The molecule has 0 unspecified atom stereocenters. The number of rotatable bonds is 35. The van der Waals surface area contributed by atoms with Crippen LogP contribution in [0, 0.1) is 5.41 Å². The third-order valence-electron chi connectivity index (χ3n) is 21.4. The van der Waals surface area contributed by atoms with Gasteiger partial charge in [-0.25, -0.2) is 9.78 Å². The molecule has 27 N–H and O–H groups in total. The van der Waals surface area contributed by atoms with Crippen molar-refractivity contribution in [3.8, 4) is 17.2 Å². The van der Waals surface area contributed by atoms with Crippen LogP contribution >= 0.6 is 21.6 Å². The Kier molecular flexibility index (Phi) is 37.7. The number of unbranched alkanes of at least 4 members (excludes halogenated alkanes) is 1. The number of fused-ring (bicyclic) bond motifs is 1. The second-order valence-corrected chi connectivity index (χ2v) is 33.5. The number of aliphatic hydroxyl groups is 1. The highest BCUT2D eigenvalue weighted by molar-refractivity contribution is 8.76. The summed E-state index contributed by atoms with van der Waals surface area (Å²) in [7, 11) is 1.64. The number of benzene rings is 3. The number of aromatic hydroxyl groups is 3. The van der Waals surface area contributed by atoms with Crippen LogP contribution in [0.2, 0.25) is 0 Å². The number of primary amides is 1. The van der Waals surface area contributed by atoms with E-state index in [0.717, 1.165) is 21.6 Å². The molecule has 15 amide bonds. The Morgan fingerprint density at radius 2 is 1.13 bits per heavy atom. The first-order valence-electron chi connectivity index (χ1n) is 41.1. The van der Waals surface area contributed by atoms with Crippen LogP contribution in [-0.4, -0.2) is 292 Å². The van der Waals surface area contributed by atoms with E-state index in [1.165, 1.54) is 114 Å². The number of hydrogen-bond acceptors (Lipinski definition) is 26. The average molecular weight is 1780 g/mol. The van der Waals surface area contributed by atoms with E-state index in [4.69, 9.17) is 28.3 Å². The van der Waals surface area contributed by atoms with E-state index in [1.807, 2.05) is 0 Å². The number of imidazole rings is 1. The summed E-state index contributed by atoms with van der Waals surface area (Å²) in [6, 6.07) is -5.93. The fraction of sp³-hybridized carbons (Fsp3) is 0.525. The van der Waals surface area contributed by atoms with Crippen molar-refractivity contribution in [3.63, 3.8) is 0 Å². The molecule has 0 radical (unpaired) electrons. The maximum Gasteiger partial charge on any atom is 0.326 e. The zero-order valence-corrected chi connectivity index (χ0v) is 70.7. The maximum atomic E-state index is 15.5. The molecular formula is C80H112N22O21S2. The predicted octanol–water partition coefficient (Wildman–Crippen LogP) is -5.40. The lowest BCUT2D eigenvalue weighted by Gasteiger charge is -2.34. The van der Waals surface area contributed by atoms with Gasteiger partial charge in [-0.15, -0.1) is 0 Å². The number of aromatic amines is 1. The minimum absolute atomic E-state index is 0.00889. The fourth-order valence-corrected chi connectivity index (χ4v) is 16.9. The standard InChI is InChI=1S/C80H112N22O21S2/c1-42(82)65(108)98-59-39-124-125-40-60(99-70(113)55(34-45-16-22-49(105)23-17-45)93-66(109)51(10-5-29-87-80(84)85)91-74(117)61-11-6-30-100(61)76(119)43(2)89-71(114)58(38-103)97-73(59)116)72(115)94-54(33-44-14-20-48(104)21-15-44)68(111)90-52(26-27-64(83)107)67(110)92-53(9-3-4-28-81)77(120)102-32-8-13-63(102)78(121)101-31-7-12-62(101)75(118)95-56(35-46-18-24-50(106)25-19-46)69(112)96-57(79(122)123)36-47-37-86-41-88-47/h14-25,37,41-43,51-63,103-106H,3-13,26-36,38-40,81-82H2,1-2H3,(H2,83,107)(H,86,88)(H,89,114)(H,90,111)(H,91,117)(H,92,110)(H,93,109)(H,94,115)(H,95,118)(H,96,112)(H,97,116)(H,98,108)(H,99,113)(H,122,123)(H4,84,85,87)/t42-,43-,51-,52-,53-,54-,55-,56-,57-,58-,59-,60-,61-,62-,63-/m0/s1. The molecule has 0 spiro atoms. The molecule has 0 aliphatic carbocycles. The highest BCUT2D eigenvalue weighted by atomic mass is 33.1. The van der Waals surface area contributed by atoms with Crippen molar-refractivity contribution < 1.29 is 102 Å². The molecule has 4 aliphatic rings. The van der Waals surface area contributed by atoms with Gasteiger partial charge in [-0.2, -0.15) is 0 Å². The fourth-order valence-electron chi connectivity index (χ4n) is 14.6. The maximum absolute atomic E-state index is 15.5. The van der Waals surface area contributed by atoms with Crippen LogP contribution in [0.4, 0.5) is 0 Å². The molecule has 680 valence electrons. The molecule has 5 heterocycles. The Morgan fingerprint density at radius 1 is 0.584 bits per heavy atom. The van der Waals surface area contributed by atoms with Crippen molar-refractivity contribution in [3.05, 3.63) is 108 Å². The Labute approximate surface area is 727 Å². The SMILES string of the molecule is C[C@H](N)C(=O)N[C@H]1CSSC[C@@H](C(=O)N[C@@H](Cc2ccc(O)cc2)C(=O)N[C@@H](CCC(N)=O)C(=O)N[C@@H](CCCCN)C(=O)N2CCC[C@H]2C(=O)N2CCC[C@H]2C(=O)N[C@@H](Cc2ccc(O)cc2)C(=O)N[C@@H](Cc2c[nH]cn2)C(=O)O)NC(=O)[C@H](Cc2ccc(O)cc2)NC(=O)[C@H](CCCNC(=N)N)NC(=O)[C@@H]2CCCN2C(=O)[C@H](C)NC(=O)[C@H](CO)NC1=O. The van der Waals surface area contributed by atoms with Crippen LogP contribution in [0.15, 0.2) is 85.3 Å². The van der Waals surface area contributed by atoms with Gasteiger partial charge in [0.25, 0.3) is 0 Å². The summed E-state index contributed by atoms with van der Waals surface area (Å²) < 4.78 is 0. The Morgan fingerprint density at radius 3 is 1.71 bits per heavy atom. The number of guanidine groups is 1. The van der Waals surface area contributed by atoms with Crippen LogP contribution in [0.1, 0.15) is 120 Å². The van der Waals surface area contributed by atoms with Gasteiger partial charge in [-0.05, 0) is 151 Å². The number of likely N-dealkylation sites (tertiary alicyclic amines) is 2. The lowest BCUT2D eigenvalue weighted by atomic mass is 10.0. The van der Waals surface area contributed by atoms with Gasteiger partial charge >= 0.3 is 5.97 Å². The van der Waals surface area contributed by atoms with Crippen molar-refractivity contribution in [1.82, 2.24) is 88.5 Å². The number of aliphatic hydroxyl groups excluding tert-OH is 1. The lowest BCUT2D eigenvalue weighted by molar-refractivity contribution is -0.148. The first kappa shape index (κ1) is 98.1. The monoisotopic (exact) mass is 1780 g/mol. The van der Waals surface area contributed by atoms with Crippen molar-refractivity contribution >= 4 is 122 Å². The third kappa shape index (κ3) is 29.7. The van der Waals surface area contributed by atoms with E-state index in [1.54, 1.807) is 0 Å². The number of carbonyl (C=O) groups excluding carboxylic acids is 15. The Balaban J connectivity index is 1.09. The summed E-state index contributed by atoms with van der Waals surface area (Å²) in [5, 5.41) is 90.2. The smallest absolute Gasteiger partial charge is 0.326 e. The molecule has 15 atom stereocenters. The van der Waals surface area contributed by atoms with Gasteiger partial charge in [-0.1, -0.05) is 58.0 Å². The van der Waals surface area contributed by atoms with Crippen molar-refractivity contribution in [2.45, 2.75) is 214 Å². The molecule has 4 fully saturated rings. The summed E-state index contributed by atoms with van der Waals surface area (Å²) in [6.07, 6.45) is 1.95. The van der Waals surface area contributed by atoms with E-state index < -0.39 is 229 Å². The number of aliphatic carboxylic acids is 1. The molecule has 3 aromatic carbocycles. The molecule has 4 aromatic rings. The number of phenols is 3. The number of H-pyrrole nitrogens is 1. The largest absolute Gasteiger partial charge is 0.508 e. The first-order valence-corrected chi connectivity index (χ1v) is 43.6. The summed E-state index contributed by atoms with van der Waals surface area (Å²) >= 11 is 0. The highest BCUT2D eigenvalue weighted by Crippen LogP contribution is 2.29. The van der Waals surface area contributed by atoms with Gasteiger partial charge in [0.1, 0.15) is 102 Å². The number of nitrogens with two attached hydrogens (primary N) is 4. The predicted molar refractivity (Wildman–Crippen MR) is 453 cm³/mol. The van der Waals surface area contributed by atoms with Crippen LogP contribution in [0.5, 0.6) is 17.2 Å². The summed E-state index contributed by atoms with van der Waals surface area (Å²) in [4.78, 5) is 241. The molecule has 4 saturated heterocycles. The van der Waals surface area contributed by atoms with Gasteiger partial charge in [0.05, 0.1) is 24.7 Å².